The second-order valence-corrected chi connectivity index (χ2v) is 6.40. The third-order valence-corrected chi connectivity index (χ3v) is 4.34. The molecule has 0 spiro atoms. The minimum absolute atomic E-state index is 0.0642. The number of nitrogens with one attached hydrogen (secondary N) is 1. The molecule has 0 aliphatic carbocycles. The summed E-state index contributed by atoms with van der Waals surface area (Å²) < 4.78 is 0.786. The maximum atomic E-state index is 11.4. The number of nitro benzene ring substituents is 1. The molecule has 0 heterocycles. The fourth-order valence-electron chi connectivity index (χ4n) is 2.61. The van der Waals surface area contributed by atoms with Gasteiger partial charge in [0.15, 0.2) is 0 Å². The van der Waals surface area contributed by atoms with Gasteiger partial charge >= 0.3 is 0 Å². The number of rotatable bonds is 5. The lowest BCUT2D eigenvalue weighted by Crippen LogP contribution is -2.02. The fourth-order valence-corrected chi connectivity index (χ4v) is 2.98. The highest BCUT2D eigenvalue weighted by atomic mass is 79.9. The summed E-state index contributed by atoms with van der Waals surface area (Å²) >= 11 is 3.38. The van der Waals surface area contributed by atoms with Crippen molar-refractivity contribution in [3.8, 4) is 11.1 Å². The van der Waals surface area contributed by atoms with E-state index in [0.29, 0.717) is 12.1 Å². The Balaban J connectivity index is 2.08. The molecule has 3 aromatic rings. The minimum Gasteiger partial charge on any atom is -0.355 e. The summed E-state index contributed by atoms with van der Waals surface area (Å²) in [5.74, 6) is 0. The van der Waals surface area contributed by atoms with Crippen LogP contribution in [0.1, 0.15) is 5.56 Å². The third-order valence-electron chi connectivity index (χ3n) is 3.85. The SMILES string of the molecule is NCc1ccc(-c2cc(Br)ccc2[N+](=O)[O-])cc1Nc1ccccc1. The number of anilines is 2. The lowest BCUT2D eigenvalue weighted by Gasteiger charge is -2.13. The fraction of sp³-hybridized carbons (Fsp3) is 0.0526. The highest BCUT2D eigenvalue weighted by Crippen LogP contribution is 2.35. The normalized spacial score (nSPS) is 10.5. The topological polar surface area (TPSA) is 81.2 Å². The maximum absolute atomic E-state index is 11.4. The van der Waals surface area contributed by atoms with E-state index in [9.17, 15) is 10.1 Å². The predicted octanol–water partition coefficient (Wildman–Crippen LogP) is 5.23. The average Bonchev–Trinajstić information content (AvgIpc) is 2.62. The van der Waals surface area contributed by atoms with Gasteiger partial charge in [-0.1, -0.05) is 46.3 Å². The van der Waals surface area contributed by atoms with Crippen molar-refractivity contribution >= 4 is 33.0 Å². The van der Waals surface area contributed by atoms with Crippen LogP contribution in [0.25, 0.3) is 11.1 Å². The number of nitrogens with two attached hydrogens (primary N) is 1. The maximum Gasteiger partial charge on any atom is 0.277 e. The van der Waals surface area contributed by atoms with Gasteiger partial charge in [0.25, 0.3) is 5.69 Å². The van der Waals surface area contributed by atoms with Crippen molar-refractivity contribution in [2.75, 3.05) is 5.32 Å². The Bertz CT molecular complexity index is 914. The number of nitrogens with zero attached hydrogens (tertiary/aromatic N) is 1. The molecule has 3 N–H and O–H groups in total. The van der Waals surface area contributed by atoms with Crippen molar-refractivity contribution < 1.29 is 4.92 Å². The van der Waals surface area contributed by atoms with E-state index in [4.69, 9.17) is 5.73 Å². The van der Waals surface area contributed by atoms with Crippen LogP contribution < -0.4 is 11.1 Å². The standard InChI is InChI=1S/C19H16BrN3O2/c20-15-8-9-19(23(24)25)17(11-15)13-6-7-14(12-21)18(10-13)22-16-4-2-1-3-5-16/h1-11,22H,12,21H2. The van der Waals surface area contributed by atoms with Crippen LogP contribution in [-0.2, 0) is 6.54 Å². The van der Waals surface area contributed by atoms with Gasteiger partial charge in [0, 0.05) is 28.5 Å². The number of nitro groups is 1. The summed E-state index contributed by atoms with van der Waals surface area (Å²) in [6, 6.07) is 20.3. The van der Waals surface area contributed by atoms with Gasteiger partial charge < -0.3 is 11.1 Å². The summed E-state index contributed by atoms with van der Waals surface area (Å²) in [6.45, 7) is 0.371. The number of hydrogen-bond donors (Lipinski definition) is 2. The Hall–Kier alpha value is -2.70. The Morgan fingerprint density at radius 1 is 1.04 bits per heavy atom. The first-order chi connectivity index (χ1) is 12.1. The van der Waals surface area contributed by atoms with Crippen molar-refractivity contribution in [1.29, 1.82) is 0 Å². The predicted molar refractivity (Wildman–Crippen MR) is 104 cm³/mol. The first-order valence-electron chi connectivity index (χ1n) is 7.68. The molecule has 5 nitrogen and oxygen atoms in total. The van der Waals surface area contributed by atoms with Crippen LogP contribution in [0.3, 0.4) is 0 Å². The van der Waals surface area contributed by atoms with E-state index in [-0.39, 0.29) is 10.6 Å². The van der Waals surface area contributed by atoms with E-state index < -0.39 is 0 Å². The summed E-state index contributed by atoms with van der Waals surface area (Å²) in [6.07, 6.45) is 0. The first-order valence-corrected chi connectivity index (χ1v) is 8.47. The van der Waals surface area contributed by atoms with Crippen LogP contribution in [0.4, 0.5) is 17.1 Å². The van der Waals surface area contributed by atoms with Crippen LogP contribution in [0, 0.1) is 10.1 Å². The van der Waals surface area contributed by atoms with Crippen LogP contribution in [0.5, 0.6) is 0 Å². The van der Waals surface area contributed by atoms with Gasteiger partial charge in [-0.2, -0.15) is 0 Å². The van der Waals surface area contributed by atoms with Crippen molar-refractivity contribution in [2.45, 2.75) is 6.54 Å². The zero-order valence-electron chi connectivity index (χ0n) is 13.3. The second-order valence-electron chi connectivity index (χ2n) is 5.49. The van der Waals surface area contributed by atoms with Gasteiger partial charge in [0.1, 0.15) is 0 Å². The van der Waals surface area contributed by atoms with Gasteiger partial charge in [-0.25, -0.2) is 0 Å². The molecule has 0 aromatic heterocycles. The molecule has 3 rings (SSSR count). The monoisotopic (exact) mass is 397 g/mol. The average molecular weight is 398 g/mol. The molecule has 0 unspecified atom stereocenters. The smallest absolute Gasteiger partial charge is 0.277 e. The molecular formula is C19H16BrN3O2. The van der Waals surface area contributed by atoms with Gasteiger partial charge in [-0.05, 0) is 41.5 Å². The highest BCUT2D eigenvalue weighted by molar-refractivity contribution is 9.10. The zero-order valence-corrected chi connectivity index (χ0v) is 14.9. The Morgan fingerprint density at radius 2 is 1.80 bits per heavy atom. The quantitative estimate of drug-likeness (QED) is 0.456. The van der Waals surface area contributed by atoms with E-state index in [1.807, 2.05) is 48.5 Å². The molecule has 0 saturated heterocycles. The molecule has 0 aliphatic rings. The summed E-state index contributed by atoms with van der Waals surface area (Å²) in [4.78, 5) is 11.0. The molecule has 0 fully saturated rings. The number of benzene rings is 3. The Morgan fingerprint density at radius 3 is 2.48 bits per heavy atom. The molecule has 0 saturated carbocycles. The molecule has 6 heteroatoms. The molecule has 0 atom stereocenters. The van der Waals surface area contributed by atoms with Crippen LogP contribution in [0.15, 0.2) is 71.2 Å². The molecule has 0 amide bonds. The van der Waals surface area contributed by atoms with Crippen molar-refractivity contribution in [3.63, 3.8) is 0 Å². The molecule has 25 heavy (non-hydrogen) atoms. The van der Waals surface area contributed by atoms with E-state index in [2.05, 4.69) is 21.2 Å². The van der Waals surface area contributed by atoms with E-state index >= 15 is 0 Å². The second kappa shape index (κ2) is 7.46. The lowest BCUT2D eigenvalue weighted by molar-refractivity contribution is -0.384. The van der Waals surface area contributed by atoms with Crippen LogP contribution in [0.2, 0.25) is 0 Å². The summed E-state index contributed by atoms with van der Waals surface area (Å²) in [7, 11) is 0. The number of halogens is 1. The molecule has 126 valence electrons. The van der Waals surface area contributed by atoms with Crippen molar-refractivity contribution in [2.24, 2.45) is 5.73 Å². The minimum atomic E-state index is -0.372. The third kappa shape index (κ3) is 3.87. The first kappa shape index (κ1) is 17.1. The van der Waals surface area contributed by atoms with E-state index in [1.54, 1.807) is 12.1 Å². The number of hydrogen-bond acceptors (Lipinski definition) is 4. The van der Waals surface area contributed by atoms with E-state index in [0.717, 1.165) is 27.0 Å². The van der Waals surface area contributed by atoms with Crippen molar-refractivity contribution in [3.05, 3.63) is 86.9 Å². The van der Waals surface area contributed by atoms with Gasteiger partial charge in [-0.15, -0.1) is 0 Å². The largest absolute Gasteiger partial charge is 0.355 e. The van der Waals surface area contributed by atoms with Crippen LogP contribution >= 0.6 is 15.9 Å². The molecule has 0 aliphatic heterocycles. The molecule has 0 bridgehead atoms. The van der Waals surface area contributed by atoms with E-state index in [1.165, 1.54) is 6.07 Å². The lowest BCUT2D eigenvalue weighted by atomic mass is 10.0. The number of para-hydroxylation sites is 1. The molecule has 3 aromatic carbocycles. The summed E-state index contributed by atoms with van der Waals surface area (Å²) in [5.41, 5.74) is 9.91. The Labute approximate surface area is 153 Å². The van der Waals surface area contributed by atoms with Crippen LogP contribution in [-0.4, -0.2) is 4.92 Å². The van der Waals surface area contributed by atoms with Gasteiger partial charge in [-0.3, -0.25) is 10.1 Å². The van der Waals surface area contributed by atoms with Gasteiger partial charge in [0.2, 0.25) is 0 Å². The van der Waals surface area contributed by atoms with Gasteiger partial charge in [0.05, 0.1) is 10.5 Å². The molecule has 0 radical (unpaired) electrons. The summed E-state index contributed by atoms with van der Waals surface area (Å²) in [5, 5.41) is 14.7. The zero-order chi connectivity index (χ0) is 17.8. The Kier molecular flexibility index (Phi) is 5.11. The molecular weight excluding hydrogens is 382 g/mol. The highest BCUT2D eigenvalue weighted by Gasteiger charge is 2.16. The van der Waals surface area contributed by atoms with Crippen molar-refractivity contribution in [1.82, 2.24) is 0 Å².